The Bertz CT molecular complexity index is 347. The summed E-state index contributed by atoms with van der Waals surface area (Å²) in [5, 5.41) is 0. The Balaban J connectivity index is 2.04. The molecule has 0 radical (unpaired) electrons. The average molecular weight is 217 g/mol. The van der Waals surface area contributed by atoms with Crippen molar-refractivity contribution in [2.75, 3.05) is 0 Å². The SMILES string of the molecule is N[C@@H]1CC1c1ccc(OC(F)(F)F)cc1. The molecule has 0 aliphatic heterocycles. The summed E-state index contributed by atoms with van der Waals surface area (Å²) in [5.74, 6) is 0.102. The Labute approximate surface area is 84.8 Å². The van der Waals surface area contributed by atoms with Crippen LogP contribution >= 0.6 is 0 Å². The molecule has 0 amide bonds. The van der Waals surface area contributed by atoms with Crippen LogP contribution in [0.5, 0.6) is 5.75 Å². The van der Waals surface area contributed by atoms with Crippen LogP contribution in [0.4, 0.5) is 13.2 Å². The molecule has 2 nitrogen and oxygen atoms in total. The van der Waals surface area contributed by atoms with E-state index in [9.17, 15) is 13.2 Å². The van der Waals surface area contributed by atoms with Crippen molar-refractivity contribution in [3.63, 3.8) is 0 Å². The third kappa shape index (κ3) is 2.62. The van der Waals surface area contributed by atoms with Gasteiger partial charge in [-0.05, 0) is 24.1 Å². The second-order valence-corrected chi connectivity index (χ2v) is 3.62. The molecule has 15 heavy (non-hydrogen) atoms. The molecule has 1 saturated carbocycles. The maximum absolute atomic E-state index is 11.8. The van der Waals surface area contributed by atoms with Crippen LogP contribution in [-0.4, -0.2) is 12.4 Å². The first-order chi connectivity index (χ1) is 6.96. The Hall–Kier alpha value is -1.23. The van der Waals surface area contributed by atoms with E-state index in [4.69, 9.17) is 5.73 Å². The van der Waals surface area contributed by atoms with Crippen LogP contribution in [0.1, 0.15) is 17.9 Å². The van der Waals surface area contributed by atoms with Gasteiger partial charge in [-0.25, -0.2) is 0 Å². The van der Waals surface area contributed by atoms with Crippen LogP contribution < -0.4 is 10.5 Å². The van der Waals surface area contributed by atoms with Gasteiger partial charge in [0, 0.05) is 12.0 Å². The van der Waals surface area contributed by atoms with E-state index in [2.05, 4.69) is 4.74 Å². The van der Waals surface area contributed by atoms with Crippen molar-refractivity contribution in [3.05, 3.63) is 29.8 Å². The Morgan fingerprint density at radius 3 is 2.13 bits per heavy atom. The molecule has 82 valence electrons. The number of halogens is 3. The van der Waals surface area contributed by atoms with Crippen molar-refractivity contribution < 1.29 is 17.9 Å². The van der Waals surface area contributed by atoms with Gasteiger partial charge in [-0.2, -0.15) is 0 Å². The third-order valence-electron chi connectivity index (χ3n) is 2.38. The standard InChI is InChI=1S/C10H10F3NO/c11-10(12,13)15-7-3-1-6(2-4-7)8-5-9(8)14/h1-4,8-9H,5,14H2/t8?,9-/m1/s1. The summed E-state index contributed by atoms with van der Waals surface area (Å²) in [4.78, 5) is 0. The summed E-state index contributed by atoms with van der Waals surface area (Å²) in [5.41, 5.74) is 6.60. The van der Waals surface area contributed by atoms with E-state index in [0.717, 1.165) is 12.0 Å². The van der Waals surface area contributed by atoms with Gasteiger partial charge in [0.15, 0.2) is 0 Å². The summed E-state index contributed by atoms with van der Waals surface area (Å²) in [6.07, 6.45) is -3.73. The molecule has 0 aromatic heterocycles. The fourth-order valence-electron chi connectivity index (χ4n) is 1.51. The van der Waals surface area contributed by atoms with Gasteiger partial charge < -0.3 is 10.5 Å². The minimum absolute atomic E-state index is 0.152. The quantitative estimate of drug-likeness (QED) is 0.825. The lowest BCUT2D eigenvalue weighted by atomic mass is 10.1. The molecule has 1 aromatic rings. The van der Waals surface area contributed by atoms with Crippen molar-refractivity contribution >= 4 is 0 Å². The largest absolute Gasteiger partial charge is 0.573 e. The molecule has 2 rings (SSSR count). The van der Waals surface area contributed by atoms with Gasteiger partial charge in [-0.1, -0.05) is 12.1 Å². The van der Waals surface area contributed by atoms with Crippen molar-refractivity contribution in [3.8, 4) is 5.75 Å². The molecule has 1 unspecified atom stereocenters. The normalized spacial score (nSPS) is 25.1. The number of hydrogen-bond acceptors (Lipinski definition) is 2. The van der Waals surface area contributed by atoms with Gasteiger partial charge >= 0.3 is 6.36 Å². The topological polar surface area (TPSA) is 35.2 Å². The summed E-state index contributed by atoms with van der Waals surface area (Å²) in [6, 6.07) is 6.03. The minimum Gasteiger partial charge on any atom is -0.406 e. The van der Waals surface area contributed by atoms with E-state index in [0.29, 0.717) is 5.92 Å². The van der Waals surface area contributed by atoms with Crippen LogP contribution in [0.3, 0.4) is 0 Å². The van der Waals surface area contributed by atoms with Gasteiger partial charge in [-0.15, -0.1) is 13.2 Å². The highest BCUT2D eigenvalue weighted by molar-refractivity contribution is 5.33. The number of nitrogens with two attached hydrogens (primary N) is 1. The summed E-state index contributed by atoms with van der Waals surface area (Å²) < 4.78 is 39.3. The van der Waals surface area contributed by atoms with Gasteiger partial charge in [0.25, 0.3) is 0 Å². The summed E-state index contributed by atoms with van der Waals surface area (Å²) >= 11 is 0. The molecule has 0 bridgehead atoms. The van der Waals surface area contributed by atoms with Crippen LogP contribution in [0.2, 0.25) is 0 Å². The van der Waals surface area contributed by atoms with Crippen molar-refractivity contribution in [1.82, 2.24) is 0 Å². The maximum atomic E-state index is 11.8. The molecule has 1 aliphatic carbocycles. The highest BCUT2D eigenvalue weighted by atomic mass is 19.4. The number of hydrogen-bond donors (Lipinski definition) is 1. The van der Waals surface area contributed by atoms with Crippen molar-refractivity contribution in [1.29, 1.82) is 0 Å². The molecule has 5 heteroatoms. The predicted molar refractivity (Wildman–Crippen MR) is 48.5 cm³/mol. The number of alkyl halides is 3. The molecule has 2 N–H and O–H groups in total. The van der Waals surface area contributed by atoms with E-state index in [1.54, 1.807) is 12.1 Å². The Morgan fingerprint density at radius 2 is 1.73 bits per heavy atom. The zero-order chi connectivity index (χ0) is 11.1. The summed E-state index contributed by atoms with van der Waals surface area (Å²) in [6.45, 7) is 0. The van der Waals surface area contributed by atoms with Gasteiger partial charge in [0.2, 0.25) is 0 Å². The first kappa shape index (κ1) is 10.3. The zero-order valence-corrected chi connectivity index (χ0v) is 7.79. The molecule has 1 aromatic carbocycles. The zero-order valence-electron chi connectivity index (χ0n) is 7.79. The maximum Gasteiger partial charge on any atom is 0.573 e. The van der Waals surface area contributed by atoms with Gasteiger partial charge in [0.1, 0.15) is 5.75 Å². The van der Waals surface area contributed by atoms with Gasteiger partial charge in [0.05, 0.1) is 0 Å². The highest BCUT2D eigenvalue weighted by Gasteiger charge is 2.35. The minimum atomic E-state index is -4.63. The monoisotopic (exact) mass is 217 g/mol. The first-order valence-corrected chi connectivity index (χ1v) is 4.57. The van der Waals surface area contributed by atoms with Crippen LogP contribution in [-0.2, 0) is 0 Å². The smallest absolute Gasteiger partial charge is 0.406 e. The molecular weight excluding hydrogens is 207 g/mol. The van der Waals surface area contributed by atoms with Crippen molar-refractivity contribution in [2.24, 2.45) is 5.73 Å². The van der Waals surface area contributed by atoms with E-state index >= 15 is 0 Å². The molecule has 0 spiro atoms. The molecule has 2 atom stereocenters. The summed E-state index contributed by atoms with van der Waals surface area (Å²) in [7, 11) is 0. The van der Waals surface area contributed by atoms with Crippen LogP contribution in [0, 0.1) is 0 Å². The van der Waals surface area contributed by atoms with E-state index in [1.165, 1.54) is 12.1 Å². The molecular formula is C10H10F3NO. The Kier molecular flexibility index (Phi) is 2.34. The number of benzene rings is 1. The lowest BCUT2D eigenvalue weighted by Gasteiger charge is -2.08. The number of ether oxygens (including phenoxy) is 1. The third-order valence-corrected chi connectivity index (χ3v) is 2.38. The second-order valence-electron chi connectivity index (χ2n) is 3.62. The first-order valence-electron chi connectivity index (χ1n) is 4.57. The van der Waals surface area contributed by atoms with E-state index < -0.39 is 6.36 Å². The lowest BCUT2D eigenvalue weighted by molar-refractivity contribution is -0.274. The fourth-order valence-corrected chi connectivity index (χ4v) is 1.51. The lowest BCUT2D eigenvalue weighted by Crippen LogP contribution is -2.17. The van der Waals surface area contributed by atoms with E-state index in [1.807, 2.05) is 0 Å². The molecule has 1 aliphatic rings. The Morgan fingerprint density at radius 1 is 1.20 bits per heavy atom. The second kappa shape index (κ2) is 3.41. The average Bonchev–Trinajstić information content (AvgIpc) is 2.81. The number of rotatable bonds is 2. The van der Waals surface area contributed by atoms with Crippen molar-refractivity contribution in [2.45, 2.75) is 24.7 Å². The molecule has 0 saturated heterocycles. The van der Waals surface area contributed by atoms with Crippen LogP contribution in [0.15, 0.2) is 24.3 Å². The predicted octanol–water partition coefficient (Wildman–Crippen LogP) is 2.40. The van der Waals surface area contributed by atoms with E-state index in [-0.39, 0.29) is 11.8 Å². The highest BCUT2D eigenvalue weighted by Crippen LogP contribution is 2.39. The fraction of sp³-hybridized carbons (Fsp3) is 0.400. The van der Waals surface area contributed by atoms with Gasteiger partial charge in [-0.3, -0.25) is 0 Å². The molecule has 0 heterocycles. The molecule has 1 fully saturated rings. The van der Waals surface area contributed by atoms with Crippen LogP contribution in [0.25, 0.3) is 0 Å².